The van der Waals surface area contributed by atoms with Crippen LogP contribution in [-0.4, -0.2) is 31.1 Å². The van der Waals surface area contributed by atoms with Gasteiger partial charge in [0.15, 0.2) is 5.60 Å². The van der Waals surface area contributed by atoms with E-state index in [-0.39, 0.29) is 48.9 Å². The molecule has 0 radical (unpaired) electrons. The van der Waals surface area contributed by atoms with Crippen LogP contribution in [0.2, 0.25) is 0 Å². The Kier molecular flexibility index (Phi) is 8.01. The van der Waals surface area contributed by atoms with Crippen LogP contribution in [0.3, 0.4) is 0 Å². The molecule has 30 heavy (non-hydrogen) atoms. The molecule has 0 aromatic heterocycles. The molecule has 7 heteroatoms. The van der Waals surface area contributed by atoms with E-state index in [0.717, 1.165) is 0 Å². The highest BCUT2D eigenvalue weighted by atomic mass is 16.6. The van der Waals surface area contributed by atoms with Gasteiger partial charge in [0.25, 0.3) is 0 Å². The summed E-state index contributed by atoms with van der Waals surface area (Å²) in [6, 6.07) is 5.23. The molecule has 1 unspecified atom stereocenters. The van der Waals surface area contributed by atoms with Crippen LogP contribution in [0.15, 0.2) is 18.2 Å². The molecular weight excluding hydrogens is 388 g/mol. The minimum absolute atomic E-state index is 0.0406. The number of carbonyl (C=O) groups is 3. The van der Waals surface area contributed by atoms with Crippen molar-refractivity contribution < 1.29 is 33.3 Å². The van der Waals surface area contributed by atoms with Crippen LogP contribution in [-0.2, 0) is 40.8 Å². The Labute approximate surface area is 178 Å². The first-order valence-electron chi connectivity index (χ1n) is 10.4. The molecule has 7 nitrogen and oxygen atoms in total. The molecule has 2 rings (SSSR count). The zero-order valence-corrected chi connectivity index (χ0v) is 18.7. The molecule has 0 amide bonds. The van der Waals surface area contributed by atoms with Crippen molar-refractivity contribution in [1.29, 1.82) is 0 Å². The lowest BCUT2D eigenvalue weighted by Gasteiger charge is -2.19. The van der Waals surface area contributed by atoms with Gasteiger partial charge in [-0.2, -0.15) is 0 Å². The molecule has 0 spiro atoms. The van der Waals surface area contributed by atoms with Gasteiger partial charge >= 0.3 is 17.9 Å². The van der Waals surface area contributed by atoms with E-state index in [0.29, 0.717) is 29.9 Å². The standard InChI is InChI=1S/C23H32O7/c1-14(2)9-20(24)27-11-17-7-8-18(19(10-17)30-22(26)16(5)6)23(13-29-23)12-28-21(25)15(3)4/h7-8,10,14-16H,9,11-13H2,1-6H3. The van der Waals surface area contributed by atoms with Crippen molar-refractivity contribution >= 4 is 17.9 Å². The van der Waals surface area contributed by atoms with Crippen molar-refractivity contribution in [2.24, 2.45) is 17.8 Å². The molecule has 0 bridgehead atoms. The lowest BCUT2D eigenvalue weighted by atomic mass is 9.98. The lowest BCUT2D eigenvalue weighted by Crippen LogP contribution is -2.24. The summed E-state index contributed by atoms with van der Waals surface area (Å²) in [5.41, 5.74) is 0.493. The van der Waals surface area contributed by atoms with Gasteiger partial charge in [0.05, 0.1) is 18.4 Å². The maximum atomic E-state index is 12.2. The number of carbonyl (C=O) groups excluding carboxylic acids is 3. The van der Waals surface area contributed by atoms with Crippen molar-refractivity contribution in [2.45, 2.75) is 60.2 Å². The number of rotatable bonds is 10. The van der Waals surface area contributed by atoms with Crippen molar-refractivity contribution in [3.63, 3.8) is 0 Å². The first-order chi connectivity index (χ1) is 14.0. The van der Waals surface area contributed by atoms with Gasteiger partial charge in [-0.3, -0.25) is 14.4 Å². The second-order valence-electron chi connectivity index (χ2n) is 8.71. The Morgan fingerprint density at radius 1 is 1.00 bits per heavy atom. The van der Waals surface area contributed by atoms with E-state index in [4.69, 9.17) is 18.9 Å². The maximum absolute atomic E-state index is 12.2. The van der Waals surface area contributed by atoms with Gasteiger partial charge < -0.3 is 18.9 Å². The van der Waals surface area contributed by atoms with Crippen LogP contribution in [0, 0.1) is 17.8 Å². The molecule has 0 aliphatic carbocycles. The smallest absolute Gasteiger partial charge is 0.313 e. The Balaban J connectivity index is 2.21. The third kappa shape index (κ3) is 6.55. The fourth-order valence-corrected chi connectivity index (χ4v) is 2.66. The van der Waals surface area contributed by atoms with Crippen LogP contribution >= 0.6 is 0 Å². The number of ether oxygens (including phenoxy) is 4. The summed E-state index contributed by atoms with van der Waals surface area (Å²) in [6.45, 7) is 11.4. The molecule has 1 fully saturated rings. The Hall–Kier alpha value is -2.41. The molecule has 1 aromatic rings. The molecule has 1 aliphatic rings. The highest BCUT2D eigenvalue weighted by molar-refractivity contribution is 5.75. The number of esters is 3. The van der Waals surface area contributed by atoms with E-state index in [1.165, 1.54) is 0 Å². The molecule has 1 aliphatic heterocycles. The van der Waals surface area contributed by atoms with Crippen LogP contribution in [0.4, 0.5) is 0 Å². The number of hydrogen-bond acceptors (Lipinski definition) is 7. The van der Waals surface area contributed by atoms with E-state index in [9.17, 15) is 14.4 Å². The van der Waals surface area contributed by atoms with Gasteiger partial charge in [-0.1, -0.05) is 53.7 Å². The van der Waals surface area contributed by atoms with E-state index >= 15 is 0 Å². The van der Waals surface area contributed by atoms with Gasteiger partial charge in [-0.25, -0.2) is 0 Å². The zero-order valence-electron chi connectivity index (χ0n) is 18.7. The van der Waals surface area contributed by atoms with Crippen molar-refractivity contribution in [1.82, 2.24) is 0 Å². The fraction of sp³-hybridized carbons (Fsp3) is 0.609. The average Bonchev–Trinajstić information content (AvgIpc) is 3.44. The molecule has 1 saturated heterocycles. The second kappa shape index (κ2) is 10.1. The molecule has 1 atom stereocenters. The number of epoxide rings is 1. The minimum atomic E-state index is -0.829. The average molecular weight is 421 g/mol. The van der Waals surface area contributed by atoms with Gasteiger partial charge in [0, 0.05) is 12.0 Å². The SMILES string of the molecule is CC(C)CC(=O)OCc1ccc(C2(COC(=O)C(C)C)CO2)c(OC(=O)C(C)C)c1. The van der Waals surface area contributed by atoms with Gasteiger partial charge in [0.2, 0.25) is 0 Å². The highest BCUT2D eigenvalue weighted by Crippen LogP contribution is 2.44. The molecule has 0 N–H and O–H groups in total. The number of hydrogen-bond donors (Lipinski definition) is 0. The second-order valence-corrected chi connectivity index (χ2v) is 8.71. The molecule has 166 valence electrons. The van der Waals surface area contributed by atoms with E-state index in [2.05, 4.69) is 0 Å². The fourth-order valence-electron chi connectivity index (χ4n) is 2.66. The summed E-state index contributed by atoms with van der Waals surface area (Å²) in [5, 5.41) is 0. The van der Waals surface area contributed by atoms with Crippen LogP contribution in [0.1, 0.15) is 59.1 Å². The molecule has 1 aromatic carbocycles. The summed E-state index contributed by atoms with van der Waals surface area (Å²) in [4.78, 5) is 35.9. The van der Waals surface area contributed by atoms with Crippen molar-refractivity contribution in [2.75, 3.05) is 13.2 Å². The van der Waals surface area contributed by atoms with Gasteiger partial charge in [0.1, 0.15) is 19.0 Å². The summed E-state index contributed by atoms with van der Waals surface area (Å²) >= 11 is 0. The largest absolute Gasteiger partial charge is 0.462 e. The van der Waals surface area contributed by atoms with Crippen LogP contribution < -0.4 is 4.74 Å². The first-order valence-corrected chi connectivity index (χ1v) is 10.4. The van der Waals surface area contributed by atoms with E-state index in [1.54, 1.807) is 45.9 Å². The molecule has 0 saturated carbocycles. The monoisotopic (exact) mass is 420 g/mol. The summed E-state index contributed by atoms with van der Waals surface area (Å²) in [6.07, 6.45) is 0.339. The van der Waals surface area contributed by atoms with Gasteiger partial charge in [-0.05, 0) is 17.5 Å². The topological polar surface area (TPSA) is 91.4 Å². The maximum Gasteiger partial charge on any atom is 0.313 e. The third-order valence-electron chi connectivity index (χ3n) is 4.61. The summed E-state index contributed by atoms with van der Waals surface area (Å²) < 4.78 is 21.9. The highest BCUT2D eigenvalue weighted by Gasteiger charge is 2.50. The Morgan fingerprint density at radius 3 is 2.17 bits per heavy atom. The summed E-state index contributed by atoms with van der Waals surface area (Å²) in [5.74, 6) is -1.02. The van der Waals surface area contributed by atoms with E-state index < -0.39 is 5.60 Å². The zero-order chi connectivity index (χ0) is 22.5. The number of benzene rings is 1. The predicted octanol–water partition coefficient (Wildman–Crippen LogP) is 3.76. The van der Waals surface area contributed by atoms with Gasteiger partial charge in [-0.15, -0.1) is 0 Å². The third-order valence-corrected chi connectivity index (χ3v) is 4.61. The Bertz CT molecular complexity index is 776. The van der Waals surface area contributed by atoms with Crippen LogP contribution in [0.25, 0.3) is 0 Å². The van der Waals surface area contributed by atoms with Crippen LogP contribution in [0.5, 0.6) is 5.75 Å². The molecule has 1 heterocycles. The predicted molar refractivity (Wildman–Crippen MR) is 110 cm³/mol. The Morgan fingerprint density at radius 2 is 1.63 bits per heavy atom. The lowest BCUT2D eigenvalue weighted by molar-refractivity contribution is -0.149. The quantitative estimate of drug-likeness (QED) is 0.323. The molecular formula is C23H32O7. The first kappa shape index (κ1) is 23.9. The van der Waals surface area contributed by atoms with Crippen molar-refractivity contribution in [3.05, 3.63) is 29.3 Å². The van der Waals surface area contributed by atoms with Crippen molar-refractivity contribution in [3.8, 4) is 5.75 Å². The van der Waals surface area contributed by atoms with E-state index in [1.807, 2.05) is 13.8 Å². The minimum Gasteiger partial charge on any atom is -0.462 e. The normalized spacial score (nSPS) is 17.9. The summed E-state index contributed by atoms with van der Waals surface area (Å²) in [7, 11) is 0.